The van der Waals surface area contributed by atoms with E-state index in [1.165, 1.54) is 5.56 Å². The Labute approximate surface area is 106 Å². The molecule has 1 amide bonds. The van der Waals surface area contributed by atoms with Crippen molar-refractivity contribution in [3.8, 4) is 0 Å². The van der Waals surface area contributed by atoms with Crippen LogP contribution in [0.5, 0.6) is 0 Å². The molecule has 4 nitrogen and oxygen atoms in total. The Balaban J connectivity index is 2.01. The van der Waals surface area contributed by atoms with Crippen LogP contribution >= 0.6 is 0 Å². The van der Waals surface area contributed by atoms with E-state index in [1.807, 2.05) is 24.3 Å². The highest BCUT2D eigenvalue weighted by Gasteiger charge is 2.33. The van der Waals surface area contributed by atoms with Crippen LogP contribution < -0.4 is 0 Å². The molecule has 2 rings (SSSR count). The molecule has 0 saturated carbocycles. The SMILES string of the molecule is CCc1ccc(CN2C[C@H](C(=O)O)CC2=O)cc1. The second-order valence-corrected chi connectivity index (χ2v) is 4.68. The quantitative estimate of drug-likeness (QED) is 0.880. The van der Waals surface area contributed by atoms with Crippen LogP contribution in [0.2, 0.25) is 0 Å². The Morgan fingerprint density at radius 2 is 1.94 bits per heavy atom. The summed E-state index contributed by atoms with van der Waals surface area (Å²) in [5.74, 6) is -1.50. The molecule has 1 aromatic carbocycles. The van der Waals surface area contributed by atoms with Crippen LogP contribution in [-0.4, -0.2) is 28.4 Å². The number of amides is 1. The molecule has 0 aromatic heterocycles. The van der Waals surface area contributed by atoms with Crippen LogP contribution in [0, 0.1) is 5.92 Å². The van der Waals surface area contributed by atoms with Crippen LogP contribution in [0.15, 0.2) is 24.3 Å². The zero-order valence-corrected chi connectivity index (χ0v) is 10.4. The summed E-state index contributed by atoms with van der Waals surface area (Å²) in [4.78, 5) is 24.2. The first kappa shape index (κ1) is 12.6. The van der Waals surface area contributed by atoms with Gasteiger partial charge in [-0.15, -0.1) is 0 Å². The van der Waals surface area contributed by atoms with Crippen molar-refractivity contribution >= 4 is 11.9 Å². The molecule has 0 spiro atoms. The highest BCUT2D eigenvalue weighted by Crippen LogP contribution is 2.20. The molecular weight excluding hydrogens is 230 g/mol. The van der Waals surface area contributed by atoms with E-state index in [0.717, 1.165) is 12.0 Å². The summed E-state index contributed by atoms with van der Waals surface area (Å²) in [7, 11) is 0. The molecule has 4 heteroatoms. The number of likely N-dealkylation sites (tertiary alicyclic amines) is 1. The fraction of sp³-hybridized carbons (Fsp3) is 0.429. The highest BCUT2D eigenvalue weighted by atomic mass is 16.4. The summed E-state index contributed by atoms with van der Waals surface area (Å²) in [5, 5.41) is 8.90. The van der Waals surface area contributed by atoms with Crippen molar-refractivity contribution in [2.24, 2.45) is 5.92 Å². The lowest BCUT2D eigenvalue weighted by molar-refractivity contribution is -0.141. The van der Waals surface area contributed by atoms with Gasteiger partial charge in [0.2, 0.25) is 5.91 Å². The molecule has 0 bridgehead atoms. The van der Waals surface area contributed by atoms with E-state index in [-0.39, 0.29) is 12.3 Å². The summed E-state index contributed by atoms with van der Waals surface area (Å²) in [5.41, 5.74) is 2.31. The first-order valence-corrected chi connectivity index (χ1v) is 6.18. The minimum Gasteiger partial charge on any atom is -0.481 e. The maximum absolute atomic E-state index is 11.7. The standard InChI is InChI=1S/C14H17NO3/c1-2-10-3-5-11(6-4-10)8-15-9-12(14(17)18)7-13(15)16/h3-6,12H,2,7-9H2,1H3,(H,17,18)/t12-/m1/s1. The van der Waals surface area contributed by atoms with Gasteiger partial charge >= 0.3 is 5.97 Å². The van der Waals surface area contributed by atoms with Gasteiger partial charge in [0.25, 0.3) is 0 Å². The number of aryl methyl sites for hydroxylation is 1. The third kappa shape index (κ3) is 2.70. The maximum Gasteiger partial charge on any atom is 0.308 e. The van der Waals surface area contributed by atoms with Crippen molar-refractivity contribution in [2.45, 2.75) is 26.3 Å². The number of carbonyl (C=O) groups is 2. The smallest absolute Gasteiger partial charge is 0.308 e. The topological polar surface area (TPSA) is 57.6 Å². The lowest BCUT2D eigenvalue weighted by Crippen LogP contribution is -2.25. The van der Waals surface area contributed by atoms with Gasteiger partial charge in [0.05, 0.1) is 5.92 Å². The molecule has 1 aliphatic heterocycles. The van der Waals surface area contributed by atoms with Crippen molar-refractivity contribution < 1.29 is 14.7 Å². The monoisotopic (exact) mass is 247 g/mol. The van der Waals surface area contributed by atoms with E-state index in [2.05, 4.69) is 6.92 Å². The number of benzene rings is 1. The number of nitrogens with zero attached hydrogens (tertiary/aromatic N) is 1. The van der Waals surface area contributed by atoms with E-state index in [0.29, 0.717) is 13.1 Å². The molecule has 0 radical (unpaired) electrons. The van der Waals surface area contributed by atoms with Gasteiger partial charge in [-0.05, 0) is 17.5 Å². The van der Waals surface area contributed by atoms with E-state index >= 15 is 0 Å². The second-order valence-electron chi connectivity index (χ2n) is 4.68. The Kier molecular flexibility index (Phi) is 3.65. The van der Waals surface area contributed by atoms with E-state index in [9.17, 15) is 9.59 Å². The predicted octanol–water partition coefficient (Wildman–Crippen LogP) is 1.68. The Bertz CT molecular complexity index is 453. The molecule has 1 fully saturated rings. The number of aliphatic carboxylic acids is 1. The van der Waals surface area contributed by atoms with Crippen molar-refractivity contribution in [3.05, 3.63) is 35.4 Å². The summed E-state index contributed by atoms with van der Waals surface area (Å²) in [6.07, 6.45) is 1.12. The third-order valence-corrected chi connectivity index (χ3v) is 3.37. The predicted molar refractivity (Wildman–Crippen MR) is 67.0 cm³/mol. The Morgan fingerprint density at radius 3 is 2.44 bits per heavy atom. The van der Waals surface area contributed by atoms with Crippen LogP contribution in [0.4, 0.5) is 0 Å². The van der Waals surface area contributed by atoms with Crippen molar-refractivity contribution in [1.82, 2.24) is 4.90 Å². The lowest BCUT2D eigenvalue weighted by Gasteiger charge is -2.16. The van der Waals surface area contributed by atoms with Gasteiger partial charge in [-0.3, -0.25) is 9.59 Å². The molecule has 1 saturated heterocycles. The lowest BCUT2D eigenvalue weighted by atomic mass is 10.1. The first-order valence-electron chi connectivity index (χ1n) is 6.18. The number of hydrogen-bond acceptors (Lipinski definition) is 2. The molecule has 1 heterocycles. The fourth-order valence-corrected chi connectivity index (χ4v) is 2.19. The molecule has 96 valence electrons. The van der Waals surface area contributed by atoms with Crippen molar-refractivity contribution in [3.63, 3.8) is 0 Å². The number of rotatable bonds is 4. The van der Waals surface area contributed by atoms with Gasteiger partial charge in [0, 0.05) is 19.5 Å². The van der Waals surface area contributed by atoms with Gasteiger partial charge in [0.15, 0.2) is 0 Å². The van der Waals surface area contributed by atoms with Crippen molar-refractivity contribution in [1.29, 1.82) is 0 Å². The minimum atomic E-state index is -0.882. The van der Waals surface area contributed by atoms with E-state index in [1.54, 1.807) is 4.90 Å². The number of carboxylic acids is 1. The normalized spacial score (nSPS) is 19.3. The Morgan fingerprint density at radius 1 is 1.33 bits per heavy atom. The van der Waals surface area contributed by atoms with Gasteiger partial charge in [-0.2, -0.15) is 0 Å². The molecule has 1 aliphatic rings. The van der Waals surface area contributed by atoms with E-state index < -0.39 is 11.9 Å². The zero-order chi connectivity index (χ0) is 13.1. The highest BCUT2D eigenvalue weighted by molar-refractivity contribution is 5.86. The molecule has 1 atom stereocenters. The minimum absolute atomic E-state index is 0.0676. The average molecular weight is 247 g/mol. The molecule has 18 heavy (non-hydrogen) atoms. The molecule has 1 N–H and O–H groups in total. The summed E-state index contributed by atoms with van der Waals surface area (Å²) >= 11 is 0. The summed E-state index contributed by atoms with van der Waals surface area (Å²) in [6, 6.07) is 8.09. The van der Waals surface area contributed by atoms with Crippen molar-refractivity contribution in [2.75, 3.05) is 6.54 Å². The Hall–Kier alpha value is -1.84. The van der Waals surface area contributed by atoms with Gasteiger partial charge in [0.1, 0.15) is 0 Å². The van der Waals surface area contributed by atoms with Gasteiger partial charge in [-0.25, -0.2) is 0 Å². The van der Waals surface area contributed by atoms with E-state index in [4.69, 9.17) is 5.11 Å². The van der Waals surface area contributed by atoms with Crippen LogP contribution in [0.1, 0.15) is 24.5 Å². The summed E-state index contributed by atoms with van der Waals surface area (Å²) < 4.78 is 0. The van der Waals surface area contributed by atoms with Gasteiger partial charge in [-0.1, -0.05) is 31.2 Å². The number of carboxylic acid groups (broad SMARTS) is 1. The fourth-order valence-electron chi connectivity index (χ4n) is 2.19. The number of carbonyl (C=O) groups excluding carboxylic acids is 1. The molecular formula is C14H17NO3. The maximum atomic E-state index is 11.7. The summed E-state index contributed by atoms with van der Waals surface area (Å²) in [6.45, 7) is 2.92. The molecule has 0 unspecified atom stereocenters. The molecule has 1 aromatic rings. The second kappa shape index (κ2) is 5.21. The van der Waals surface area contributed by atoms with Crippen LogP contribution in [0.25, 0.3) is 0 Å². The number of hydrogen-bond donors (Lipinski definition) is 1. The first-order chi connectivity index (χ1) is 8.60. The zero-order valence-electron chi connectivity index (χ0n) is 10.4. The largest absolute Gasteiger partial charge is 0.481 e. The average Bonchev–Trinajstić information content (AvgIpc) is 2.72. The third-order valence-electron chi connectivity index (χ3n) is 3.37. The van der Waals surface area contributed by atoms with Gasteiger partial charge < -0.3 is 10.0 Å². The molecule has 0 aliphatic carbocycles. The van der Waals surface area contributed by atoms with Crippen LogP contribution in [0.3, 0.4) is 0 Å². The van der Waals surface area contributed by atoms with Crippen LogP contribution in [-0.2, 0) is 22.6 Å².